The third-order valence-corrected chi connectivity index (χ3v) is 3.36. The number of hydrogen-bond acceptors (Lipinski definition) is 3. The molecule has 1 aromatic carbocycles. The van der Waals surface area contributed by atoms with Crippen LogP contribution in [0.5, 0.6) is 0 Å². The van der Waals surface area contributed by atoms with Gasteiger partial charge in [0.2, 0.25) is 0 Å². The van der Waals surface area contributed by atoms with Crippen molar-refractivity contribution in [3.63, 3.8) is 0 Å². The molecule has 1 atom stereocenters. The fourth-order valence-corrected chi connectivity index (χ4v) is 1.97. The van der Waals surface area contributed by atoms with Gasteiger partial charge in [-0.1, -0.05) is 34.1 Å². The molecule has 0 aliphatic rings. The largest absolute Gasteiger partial charge is 0.305 e. The molecule has 88 valence electrons. The predicted molar refractivity (Wildman–Crippen MR) is 71.4 cm³/mol. The lowest BCUT2D eigenvalue weighted by Crippen LogP contribution is -2.19. The van der Waals surface area contributed by atoms with Crippen LogP contribution in [-0.4, -0.2) is 9.97 Å². The number of halogens is 1. The average molecular weight is 292 g/mol. The van der Waals surface area contributed by atoms with E-state index in [4.69, 9.17) is 0 Å². The first-order valence-electron chi connectivity index (χ1n) is 5.50. The van der Waals surface area contributed by atoms with E-state index >= 15 is 0 Å². The molecular weight excluding hydrogens is 278 g/mol. The fraction of sp³-hybridized carbons (Fsp3) is 0.231. The Kier molecular flexibility index (Phi) is 4.23. The van der Waals surface area contributed by atoms with E-state index in [0.717, 1.165) is 16.7 Å². The summed E-state index contributed by atoms with van der Waals surface area (Å²) in [6, 6.07) is 8.38. The maximum absolute atomic E-state index is 4.28. The minimum atomic E-state index is 0.191. The van der Waals surface area contributed by atoms with E-state index in [1.165, 1.54) is 5.56 Å². The van der Waals surface area contributed by atoms with Crippen molar-refractivity contribution in [1.82, 2.24) is 15.3 Å². The molecule has 0 saturated carbocycles. The molecule has 0 bridgehead atoms. The average Bonchev–Trinajstić information content (AvgIpc) is 2.38. The predicted octanol–water partition coefficient (Wildman–Crippen LogP) is 3.09. The van der Waals surface area contributed by atoms with Crippen LogP contribution in [0.2, 0.25) is 0 Å². The van der Waals surface area contributed by atoms with Crippen molar-refractivity contribution in [3.8, 4) is 0 Å². The first kappa shape index (κ1) is 12.2. The quantitative estimate of drug-likeness (QED) is 0.941. The van der Waals surface area contributed by atoms with Gasteiger partial charge in [-0.15, -0.1) is 0 Å². The Morgan fingerprint density at radius 1 is 1.29 bits per heavy atom. The van der Waals surface area contributed by atoms with E-state index in [2.05, 4.69) is 44.2 Å². The van der Waals surface area contributed by atoms with Gasteiger partial charge in [0.25, 0.3) is 0 Å². The Morgan fingerprint density at radius 2 is 2.12 bits per heavy atom. The summed E-state index contributed by atoms with van der Waals surface area (Å²) in [5.74, 6) is 0. The van der Waals surface area contributed by atoms with Crippen molar-refractivity contribution < 1.29 is 0 Å². The summed E-state index contributed by atoms with van der Waals surface area (Å²) >= 11 is 3.53. The highest BCUT2D eigenvalue weighted by Gasteiger charge is 2.06. The maximum Gasteiger partial charge on any atom is 0.0753 e. The summed E-state index contributed by atoms with van der Waals surface area (Å²) in [7, 11) is 0. The fourth-order valence-electron chi connectivity index (χ4n) is 1.54. The van der Waals surface area contributed by atoms with Gasteiger partial charge in [-0.25, -0.2) is 0 Å². The highest BCUT2D eigenvalue weighted by atomic mass is 79.9. The zero-order valence-corrected chi connectivity index (χ0v) is 11.2. The second-order valence-electron chi connectivity index (χ2n) is 3.82. The molecule has 1 heterocycles. The number of benzene rings is 1. The van der Waals surface area contributed by atoms with Crippen LogP contribution in [0.15, 0.2) is 47.3 Å². The van der Waals surface area contributed by atoms with Crippen molar-refractivity contribution in [2.24, 2.45) is 0 Å². The topological polar surface area (TPSA) is 37.8 Å². The number of nitrogens with one attached hydrogen (secondary N) is 1. The Hall–Kier alpha value is -1.26. The molecule has 2 rings (SSSR count). The third kappa shape index (κ3) is 3.35. The summed E-state index contributed by atoms with van der Waals surface area (Å²) < 4.78 is 1.12. The van der Waals surface area contributed by atoms with E-state index in [9.17, 15) is 0 Å². The van der Waals surface area contributed by atoms with Gasteiger partial charge in [0.1, 0.15) is 0 Å². The number of hydrogen-bond donors (Lipinski definition) is 1. The number of nitrogens with zero attached hydrogens (tertiary/aromatic N) is 2. The molecule has 0 amide bonds. The van der Waals surface area contributed by atoms with Crippen LogP contribution in [-0.2, 0) is 6.54 Å². The second kappa shape index (κ2) is 5.89. The number of rotatable bonds is 4. The van der Waals surface area contributed by atoms with Gasteiger partial charge in [0.05, 0.1) is 5.69 Å². The molecule has 2 aromatic rings. The standard InChI is InChI=1S/C13H14BrN3/c1-10(13-9-15-6-7-16-13)17-8-11-4-2-3-5-12(11)14/h2-7,9-10,17H,8H2,1H3. The van der Waals surface area contributed by atoms with Crippen molar-refractivity contribution in [1.29, 1.82) is 0 Å². The van der Waals surface area contributed by atoms with Gasteiger partial charge < -0.3 is 5.32 Å². The lowest BCUT2D eigenvalue weighted by atomic mass is 10.2. The molecule has 1 aromatic heterocycles. The summed E-state index contributed by atoms with van der Waals surface area (Å²) in [5, 5.41) is 3.42. The van der Waals surface area contributed by atoms with E-state index in [1.54, 1.807) is 18.6 Å². The Balaban J connectivity index is 1.97. The molecule has 1 unspecified atom stereocenters. The summed E-state index contributed by atoms with van der Waals surface area (Å²) in [6.45, 7) is 2.89. The highest BCUT2D eigenvalue weighted by Crippen LogP contribution is 2.17. The van der Waals surface area contributed by atoms with Crippen molar-refractivity contribution in [2.75, 3.05) is 0 Å². The smallest absolute Gasteiger partial charge is 0.0753 e. The highest BCUT2D eigenvalue weighted by molar-refractivity contribution is 9.10. The van der Waals surface area contributed by atoms with Crippen molar-refractivity contribution >= 4 is 15.9 Å². The van der Waals surface area contributed by atoms with Gasteiger partial charge in [0.15, 0.2) is 0 Å². The molecule has 0 aliphatic heterocycles. The molecule has 0 radical (unpaired) electrons. The van der Waals surface area contributed by atoms with Crippen molar-refractivity contribution in [2.45, 2.75) is 19.5 Å². The van der Waals surface area contributed by atoms with Gasteiger partial charge in [-0.05, 0) is 18.6 Å². The van der Waals surface area contributed by atoms with Crippen LogP contribution < -0.4 is 5.32 Å². The molecule has 4 heteroatoms. The van der Waals surface area contributed by atoms with Gasteiger partial charge in [-0.3, -0.25) is 9.97 Å². The first-order valence-corrected chi connectivity index (χ1v) is 6.29. The summed E-state index contributed by atoms with van der Waals surface area (Å²) in [5.41, 5.74) is 2.20. The SMILES string of the molecule is CC(NCc1ccccc1Br)c1cnccn1. The van der Waals surface area contributed by atoms with Gasteiger partial charge in [0, 0.05) is 35.6 Å². The van der Waals surface area contributed by atoms with Crippen LogP contribution in [0, 0.1) is 0 Å². The van der Waals surface area contributed by atoms with Crippen LogP contribution in [0.4, 0.5) is 0 Å². The zero-order chi connectivity index (χ0) is 12.1. The lowest BCUT2D eigenvalue weighted by molar-refractivity contribution is 0.558. The first-order chi connectivity index (χ1) is 8.27. The lowest BCUT2D eigenvalue weighted by Gasteiger charge is -2.13. The molecule has 3 nitrogen and oxygen atoms in total. The Labute approximate surface area is 109 Å². The van der Waals surface area contributed by atoms with E-state index < -0.39 is 0 Å². The van der Waals surface area contributed by atoms with Crippen LogP contribution in [0.1, 0.15) is 24.2 Å². The zero-order valence-electron chi connectivity index (χ0n) is 9.60. The normalized spacial score (nSPS) is 12.4. The van der Waals surface area contributed by atoms with Crippen LogP contribution in [0.3, 0.4) is 0 Å². The molecule has 0 saturated heterocycles. The Bertz CT molecular complexity index is 473. The molecule has 0 aliphatic carbocycles. The molecule has 17 heavy (non-hydrogen) atoms. The molecule has 0 fully saturated rings. The minimum absolute atomic E-state index is 0.191. The van der Waals surface area contributed by atoms with E-state index in [1.807, 2.05) is 18.2 Å². The van der Waals surface area contributed by atoms with Gasteiger partial charge in [-0.2, -0.15) is 0 Å². The van der Waals surface area contributed by atoms with Gasteiger partial charge >= 0.3 is 0 Å². The molecule has 1 N–H and O–H groups in total. The number of aromatic nitrogens is 2. The summed E-state index contributed by atoms with van der Waals surface area (Å²) in [6.07, 6.45) is 5.19. The maximum atomic E-state index is 4.28. The van der Waals surface area contributed by atoms with E-state index in [-0.39, 0.29) is 6.04 Å². The molecule has 0 spiro atoms. The minimum Gasteiger partial charge on any atom is -0.305 e. The third-order valence-electron chi connectivity index (χ3n) is 2.58. The second-order valence-corrected chi connectivity index (χ2v) is 4.68. The van der Waals surface area contributed by atoms with Crippen molar-refractivity contribution in [3.05, 3.63) is 58.6 Å². The Morgan fingerprint density at radius 3 is 2.82 bits per heavy atom. The van der Waals surface area contributed by atoms with Crippen LogP contribution >= 0.6 is 15.9 Å². The molecular formula is C13H14BrN3. The van der Waals surface area contributed by atoms with E-state index in [0.29, 0.717) is 0 Å². The van der Waals surface area contributed by atoms with Crippen LogP contribution in [0.25, 0.3) is 0 Å². The summed E-state index contributed by atoms with van der Waals surface area (Å²) in [4.78, 5) is 8.34. The monoisotopic (exact) mass is 291 g/mol.